The third-order valence-electron chi connectivity index (χ3n) is 6.09. The van der Waals surface area contributed by atoms with Gasteiger partial charge >= 0.3 is 0 Å². The summed E-state index contributed by atoms with van der Waals surface area (Å²) in [6, 6.07) is 22.0. The van der Waals surface area contributed by atoms with E-state index >= 15 is 0 Å². The molecule has 0 aliphatic rings. The third-order valence-corrected chi connectivity index (χ3v) is 6.09. The second-order valence-electron chi connectivity index (χ2n) is 9.02. The molecule has 0 aliphatic heterocycles. The summed E-state index contributed by atoms with van der Waals surface area (Å²) in [6.45, 7) is 6.57. The Morgan fingerprint density at radius 1 is 0.971 bits per heavy atom. The molecular formula is C29H34N4O2. The second kappa shape index (κ2) is 12.2. The number of pyridine rings is 1. The Bertz CT molecular complexity index is 1220. The summed E-state index contributed by atoms with van der Waals surface area (Å²) in [5.41, 5.74) is 3.94. The number of fused-ring (bicyclic) bond motifs is 1. The molecule has 0 radical (unpaired) electrons. The topological polar surface area (TPSA) is 69.0 Å². The van der Waals surface area contributed by atoms with E-state index in [4.69, 9.17) is 9.72 Å². The van der Waals surface area contributed by atoms with Gasteiger partial charge in [-0.05, 0) is 67.1 Å². The van der Waals surface area contributed by atoms with Gasteiger partial charge in [-0.1, -0.05) is 44.2 Å². The van der Waals surface area contributed by atoms with Gasteiger partial charge in [-0.3, -0.25) is 9.78 Å². The highest BCUT2D eigenvalue weighted by Crippen LogP contribution is 2.20. The zero-order chi connectivity index (χ0) is 24.5. The summed E-state index contributed by atoms with van der Waals surface area (Å²) >= 11 is 0. The van der Waals surface area contributed by atoms with E-state index in [9.17, 15) is 4.79 Å². The van der Waals surface area contributed by atoms with Crippen LogP contribution in [0, 0.1) is 0 Å². The highest BCUT2D eigenvalue weighted by atomic mass is 16.5. The largest absolute Gasteiger partial charge is 0.494 e. The van der Waals surface area contributed by atoms with Gasteiger partial charge in [0, 0.05) is 25.7 Å². The number of hydrogen-bond donors (Lipinski definition) is 1. The quantitative estimate of drug-likeness (QED) is 0.267. The molecule has 35 heavy (non-hydrogen) atoms. The molecule has 0 spiro atoms. The Morgan fingerprint density at radius 3 is 2.54 bits per heavy atom. The van der Waals surface area contributed by atoms with Crippen molar-refractivity contribution in [2.45, 2.75) is 52.0 Å². The van der Waals surface area contributed by atoms with Crippen LogP contribution in [0.25, 0.3) is 11.0 Å². The van der Waals surface area contributed by atoms with Gasteiger partial charge in [0.1, 0.15) is 17.3 Å². The standard InChI is InChI=1S/C29H34N4O2/c1-22(2)23-14-16-24(17-15-23)35-21-8-7-20-33-27-12-4-3-10-25(27)32-28(33)13-9-19-31-29(34)26-11-5-6-18-30-26/h3-6,10-12,14-18,22H,7-9,13,19-21H2,1-2H3,(H,31,34). The molecule has 0 unspecified atom stereocenters. The number of para-hydroxylation sites is 2. The predicted molar refractivity (Wildman–Crippen MR) is 140 cm³/mol. The summed E-state index contributed by atoms with van der Waals surface area (Å²) in [5, 5.41) is 2.95. The van der Waals surface area contributed by atoms with Crippen LogP contribution in [-0.4, -0.2) is 33.6 Å². The van der Waals surface area contributed by atoms with Crippen LogP contribution >= 0.6 is 0 Å². The molecule has 0 atom stereocenters. The molecule has 1 N–H and O–H groups in total. The van der Waals surface area contributed by atoms with Gasteiger partial charge in [-0.25, -0.2) is 4.98 Å². The first-order chi connectivity index (χ1) is 17.1. The molecule has 0 saturated carbocycles. The van der Waals surface area contributed by atoms with Crippen molar-refractivity contribution in [3.63, 3.8) is 0 Å². The van der Waals surface area contributed by atoms with Gasteiger partial charge in [-0.2, -0.15) is 0 Å². The average Bonchev–Trinajstić information content (AvgIpc) is 3.24. The summed E-state index contributed by atoms with van der Waals surface area (Å²) in [7, 11) is 0. The van der Waals surface area contributed by atoms with Gasteiger partial charge in [-0.15, -0.1) is 0 Å². The van der Waals surface area contributed by atoms with Crippen LogP contribution in [0.4, 0.5) is 0 Å². The Morgan fingerprint density at radius 2 is 1.77 bits per heavy atom. The Kier molecular flexibility index (Phi) is 8.49. The fourth-order valence-electron chi connectivity index (χ4n) is 4.11. The minimum Gasteiger partial charge on any atom is -0.494 e. The summed E-state index contributed by atoms with van der Waals surface area (Å²) in [5.74, 6) is 2.37. The maximum atomic E-state index is 12.2. The smallest absolute Gasteiger partial charge is 0.269 e. The number of aromatic nitrogens is 3. The third kappa shape index (κ3) is 6.69. The second-order valence-corrected chi connectivity index (χ2v) is 9.02. The first kappa shape index (κ1) is 24.5. The van der Waals surface area contributed by atoms with Crippen molar-refractivity contribution >= 4 is 16.9 Å². The van der Waals surface area contributed by atoms with E-state index in [2.05, 4.69) is 71.2 Å². The van der Waals surface area contributed by atoms with Crippen LogP contribution in [0.5, 0.6) is 5.75 Å². The Hall–Kier alpha value is -3.67. The van der Waals surface area contributed by atoms with Crippen molar-refractivity contribution in [3.8, 4) is 5.75 Å². The maximum absolute atomic E-state index is 12.2. The first-order valence-corrected chi connectivity index (χ1v) is 12.5. The number of ether oxygens (including phenoxy) is 1. The number of rotatable bonds is 12. The highest BCUT2D eigenvalue weighted by Gasteiger charge is 2.11. The lowest BCUT2D eigenvalue weighted by Crippen LogP contribution is -2.25. The van der Waals surface area contributed by atoms with E-state index in [-0.39, 0.29) is 5.91 Å². The lowest BCUT2D eigenvalue weighted by Gasteiger charge is -2.11. The van der Waals surface area contributed by atoms with Crippen molar-refractivity contribution in [2.24, 2.45) is 0 Å². The monoisotopic (exact) mass is 470 g/mol. The normalized spacial score (nSPS) is 11.2. The zero-order valence-electron chi connectivity index (χ0n) is 20.6. The van der Waals surface area contributed by atoms with Gasteiger partial charge in [0.15, 0.2) is 0 Å². The lowest BCUT2D eigenvalue weighted by atomic mass is 10.0. The SMILES string of the molecule is CC(C)c1ccc(OCCCCn2c(CCCNC(=O)c3ccccn3)nc3ccccc32)cc1. The fourth-order valence-corrected chi connectivity index (χ4v) is 4.11. The van der Waals surface area contributed by atoms with E-state index in [1.807, 2.05) is 12.1 Å². The molecule has 4 rings (SSSR count). The molecule has 2 aromatic heterocycles. The van der Waals surface area contributed by atoms with Gasteiger partial charge < -0.3 is 14.6 Å². The molecule has 6 heteroatoms. The number of nitrogens with zero attached hydrogens (tertiary/aromatic N) is 3. The number of imidazole rings is 1. The molecule has 4 aromatic rings. The number of amides is 1. The van der Waals surface area contributed by atoms with Crippen molar-refractivity contribution < 1.29 is 9.53 Å². The van der Waals surface area contributed by atoms with Crippen molar-refractivity contribution in [3.05, 3.63) is 90.0 Å². The number of carbonyl (C=O) groups is 1. The average molecular weight is 471 g/mol. The molecule has 0 aliphatic carbocycles. The number of aryl methyl sites for hydroxylation is 2. The Labute approximate surface area is 207 Å². The first-order valence-electron chi connectivity index (χ1n) is 12.5. The molecule has 182 valence electrons. The summed E-state index contributed by atoms with van der Waals surface area (Å²) in [6.07, 6.45) is 5.23. The minimum atomic E-state index is -0.141. The van der Waals surface area contributed by atoms with Gasteiger partial charge in [0.25, 0.3) is 5.91 Å². The number of hydrogen-bond acceptors (Lipinski definition) is 4. The number of nitrogens with one attached hydrogen (secondary N) is 1. The van der Waals surface area contributed by atoms with Crippen LogP contribution in [0.2, 0.25) is 0 Å². The molecule has 2 aromatic carbocycles. The maximum Gasteiger partial charge on any atom is 0.269 e. The van der Waals surface area contributed by atoms with Crippen LogP contribution in [0.3, 0.4) is 0 Å². The van der Waals surface area contributed by atoms with Crippen molar-refractivity contribution in [2.75, 3.05) is 13.2 Å². The fraction of sp³-hybridized carbons (Fsp3) is 0.345. The Balaban J connectivity index is 1.27. The van der Waals surface area contributed by atoms with E-state index in [0.29, 0.717) is 24.8 Å². The molecule has 0 bridgehead atoms. The number of carbonyl (C=O) groups excluding carboxylic acids is 1. The molecule has 6 nitrogen and oxygen atoms in total. The molecular weight excluding hydrogens is 436 g/mol. The summed E-state index contributed by atoms with van der Waals surface area (Å²) < 4.78 is 8.26. The van der Waals surface area contributed by atoms with E-state index in [1.165, 1.54) is 5.56 Å². The van der Waals surface area contributed by atoms with Crippen LogP contribution < -0.4 is 10.1 Å². The van der Waals surface area contributed by atoms with Gasteiger partial charge in [0.05, 0.1) is 17.6 Å². The zero-order valence-corrected chi connectivity index (χ0v) is 20.6. The van der Waals surface area contributed by atoms with E-state index in [1.54, 1.807) is 18.3 Å². The van der Waals surface area contributed by atoms with E-state index in [0.717, 1.165) is 54.8 Å². The molecule has 1 amide bonds. The van der Waals surface area contributed by atoms with Gasteiger partial charge in [0.2, 0.25) is 0 Å². The van der Waals surface area contributed by atoms with Crippen LogP contribution in [0.1, 0.15) is 60.9 Å². The van der Waals surface area contributed by atoms with E-state index < -0.39 is 0 Å². The lowest BCUT2D eigenvalue weighted by molar-refractivity contribution is 0.0948. The molecule has 2 heterocycles. The number of unbranched alkanes of at least 4 members (excludes halogenated alkanes) is 1. The van der Waals surface area contributed by atoms with Crippen LogP contribution in [-0.2, 0) is 13.0 Å². The number of benzene rings is 2. The van der Waals surface area contributed by atoms with Crippen LogP contribution in [0.15, 0.2) is 72.9 Å². The van der Waals surface area contributed by atoms with Crippen molar-refractivity contribution in [1.29, 1.82) is 0 Å². The molecule has 0 fully saturated rings. The minimum absolute atomic E-state index is 0.141. The highest BCUT2D eigenvalue weighted by molar-refractivity contribution is 5.92. The predicted octanol–water partition coefficient (Wildman–Crippen LogP) is 5.78. The van der Waals surface area contributed by atoms with Crippen molar-refractivity contribution in [1.82, 2.24) is 19.9 Å². The molecule has 0 saturated heterocycles. The summed E-state index contributed by atoms with van der Waals surface area (Å²) in [4.78, 5) is 21.2.